The van der Waals surface area contributed by atoms with Gasteiger partial charge in [-0.1, -0.05) is 24.3 Å². The zero-order chi connectivity index (χ0) is 19.2. The van der Waals surface area contributed by atoms with Gasteiger partial charge in [-0.2, -0.15) is 10.2 Å². The number of nitrogens with zero attached hydrogens (tertiary/aromatic N) is 3. The number of anilines is 1. The van der Waals surface area contributed by atoms with Crippen LogP contribution in [-0.4, -0.2) is 27.2 Å². The van der Waals surface area contributed by atoms with Crippen LogP contribution in [0.1, 0.15) is 10.4 Å². The molecule has 3 aromatic carbocycles. The molecule has 0 aliphatic rings. The van der Waals surface area contributed by atoms with E-state index in [2.05, 4.69) is 10.2 Å². The largest absolute Gasteiger partial charge is 0.465 e. The summed E-state index contributed by atoms with van der Waals surface area (Å²) in [7, 11) is 5.38. The molecule has 27 heavy (non-hydrogen) atoms. The van der Waals surface area contributed by atoms with Gasteiger partial charge in [-0.25, -0.2) is 4.79 Å². The van der Waals surface area contributed by atoms with Crippen molar-refractivity contribution in [1.29, 1.82) is 0 Å². The lowest BCUT2D eigenvalue weighted by molar-refractivity contribution is 0.0601. The fourth-order valence-electron chi connectivity index (χ4n) is 2.57. The molecule has 0 saturated heterocycles. The predicted octanol–water partition coefficient (Wildman–Crippen LogP) is 5.62. The first-order chi connectivity index (χ1) is 13.1. The number of benzene rings is 3. The molecular weight excluding hydrogens is 338 g/mol. The maximum absolute atomic E-state index is 11.5. The van der Waals surface area contributed by atoms with Crippen molar-refractivity contribution in [2.75, 3.05) is 26.1 Å². The second-order valence-corrected chi connectivity index (χ2v) is 6.23. The van der Waals surface area contributed by atoms with Gasteiger partial charge in [0.15, 0.2) is 0 Å². The van der Waals surface area contributed by atoms with Gasteiger partial charge in [-0.15, -0.1) is 0 Å². The van der Waals surface area contributed by atoms with Crippen LogP contribution in [0.4, 0.5) is 17.1 Å². The van der Waals surface area contributed by atoms with E-state index in [9.17, 15) is 4.79 Å². The Balaban J connectivity index is 1.70. The number of hydrogen-bond donors (Lipinski definition) is 0. The third kappa shape index (κ3) is 4.58. The van der Waals surface area contributed by atoms with Gasteiger partial charge in [-0.3, -0.25) is 0 Å². The minimum atomic E-state index is -0.337. The molecule has 0 aliphatic carbocycles. The molecule has 3 rings (SSSR count). The molecule has 0 saturated carbocycles. The van der Waals surface area contributed by atoms with Crippen molar-refractivity contribution in [3.63, 3.8) is 0 Å². The minimum absolute atomic E-state index is 0.337. The van der Waals surface area contributed by atoms with Crippen molar-refractivity contribution in [3.05, 3.63) is 78.4 Å². The van der Waals surface area contributed by atoms with Crippen LogP contribution in [0.25, 0.3) is 11.1 Å². The number of methoxy groups -OCH3 is 1. The Hall–Kier alpha value is -3.47. The van der Waals surface area contributed by atoms with Gasteiger partial charge in [0.25, 0.3) is 0 Å². The van der Waals surface area contributed by atoms with Crippen molar-refractivity contribution in [2.45, 2.75) is 0 Å². The maximum Gasteiger partial charge on any atom is 0.337 e. The van der Waals surface area contributed by atoms with Gasteiger partial charge in [-0.05, 0) is 59.7 Å². The van der Waals surface area contributed by atoms with E-state index in [1.165, 1.54) is 7.11 Å². The molecule has 0 fully saturated rings. The Morgan fingerprint density at radius 3 is 1.63 bits per heavy atom. The summed E-state index contributed by atoms with van der Waals surface area (Å²) in [6.07, 6.45) is 0. The second kappa shape index (κ2) is 8.27. The van der Waals surface area contributed by atoms with Crippen LogP contribution in [0.2, 0.25) is 0 Å². The topological polar surface area (TPSA) is 54.3 Å². The van der Waals surface area contributed by atoms with Crippen LogP contribution in [0.3, 0.4) is 0 Å². The molecule has 0 amide bonds. The van der Waals surface area contributed by atoms with Crippen molar-refractivity contribution >= 4 is 23.0 Å². The molecule has 0 aliphatic heterocycles. The van der Waals surface area contributed by atoms with E-state index in [0.717, 1.165) is 28.2 Å². The fraction of sp³-hybridized carbons (Fsp3) is 0.136. The first-order valence-corrected chi connectivity index (χ1v) is 8.55. The molecule has 5 heteroatoms. The lowest BCUT2D eigenvalue weighted by Crippen LogP contribution is -2.07. The molecule has 0 atom stereocenters. The molecule has 136 valence electrons. The lowest BCUT2D eigenvalue weighted by atomic mass is 10.0. The number of rotatable bonds is 5. The van der Waals surface area contributed by atoms with Gasteiger partial charge in [0.2, 0.25) is 0 Å². The molecule has 0 heterocycles. The SMILES string of the molecule is COC(=O)c1ccc(-c2ccc(N=Nc3ccc(N(C)C)cc3)cc2)cc1. The number of hydrogen-bond acceptors (Lipinski definition) is 5. The summed E-state index contributed by atoms with van der Waals surface area (Å²) >= 11 is 0. The van der Waals surface area contributed by atoms with Crippen molar-refractivity contribution in [3.8, 4) is 11.1 Å². The lowest BCUT2D eigenvalue weighted by Gasteiger charge is -2.11. The highest BCUT2D eigenvalue weighted by Gasteiger charge is 2.05. The van der Waals surface area contributed by atoms with Crippen LogP contribution in [0.15, 0.2) is 83.0 Å². The van der Waals surface area contributed by atoms with Crippen LogP contribution >= 0.6 is 0 Å². The average Bonchev–Trinajstić information content (AvgIpc) is 2.72. The standard InChI is InChI=1S/C22H21N3O2/c1-25(2)21-14-12-20(13-15-21)24-23-19-10-8-17(9-11-19)16-4-6-18(7-5-16)22(26)27-3/h4-15H,1-3H3. The van der Waals surface area contributed by atoms with Gasteiger partial charge in [0.1, 0.15) is 0 Å². The number of esters is 1. The highest BCUT2D eigenvalue weighted by molar-refractivity contribution is 5.90. The molecular formula is C22H21N3O2. The van der Waals surface area contributed by atoms with Crippen LogP contribution in [-0.2, 0) is 4.74 Å². The molecule has 0 spiro atoms. The summed E-state index contributed by atoms with van der Waals surface area (Å²) in [5.41, 5.74) is 5.30. The van der Waals surface area contributed by atoms with Gasteiger partial charge in [0.05, 0.1) is 24.0 Å². The summed E-state index contributed by atoms with van der Waals surface area (Å²) in [6.45, 7) is 0. The van der Waals surface area contributed by atoms with Crippen molar-refractivity contribution in [1.82, 2.24) is 0 Å². The average molecular weight is 359 g/mol. The quantitative estimate of drug-likeness (QED) is 0.439. The highest BCUT2D eigenvalue weighted by Crippen LogP contribution is 2.25. The second-order valence-electron chi connectivity index (χ2n) is 6.23. The normalized spacial score (nSPS) is 10.8. The van der Waals surface area contributed by atoms with Gasteiger partial charge in [0, 0.05) is 19.8 Å². The van der Waals surface area contributed by atoms with E-state index in [1.807, 2.05) is 79.7 Å². The molecule has 3 aromatic rings. The van der Waals surface area contributed by atoms with Gasteiger partial charge >= 0.3 is 5.97 Å². The third-order valence-electron chi connectivity index (χ3n) is 4.15. The van der Waals surface area contributed by atoms with Crippen LogP contribution < -0.4 is 4.90 Å². The maximum atomic E-state index is 11.5. The number of azo groups is 1. The van der Waals surface area contributed by atoms with Gasteiger partial charge < -0.3 is 9.64 Å². The fourth-order valence-corrected chi connectivity index (χ4v) is 2.57. The molecule has 0 radical (unpaired) electrons. The summed E-state index contributed by atoms with van der Waals surface area (Å²) in [4.78, 5) is 13.5. The molecule has 5 nitrogen and oxygen atoms in total. The Labute approximate surface area is 158 Å². The number of ether oxygens (including phenoxy) is 1. The Morgan fingerprint density at radius 2 is 1.19 bits per heavy atom. The molecule has 0 N–H and O–H groups in total. The number of carbonyl (C=O) groups excluding carboxylic acids is 1. The summed E-state index contributed by atoms with van der Waals surface area (Å²) in [5, 5.41) is 8.56. The van der Waals surface area contributed by atoms with E-state index < -0.39 is 0 Å². The van der Waals surface area contributed by atoms with E-state index in [1.54, 1.807) is 12.1 Å². The van der Waals surface area contributed by atoms with Crippen molar-refractivity contribution in [2.24, 2.45) is 10.2 Å². The van der Waals surface area contributed by atoms with E-state index in [0.29, 0.717) is 5.56 Å². The predicted molar refractivity (Wildman–Crippen MR) is 108 cm³/mol. The summed E-state index contributed by atoms with van der Waals surface area (Å²) in [5.74, 6) is -0.337. The number of carbonyl (C=O) groups is 1. The molecule has 0 bridgehead atoms. The van der Waals surface area contributed by atoms with Crippen molar-refractivity contribution < 1.29 is 9.53 Å². The Bertz CT molecular complexity index is 929. The Kier molecular flexibility index (Phi) is 5.61. The summed E-state index contributed by atoms with van der Waals surface area (Å²) in [6, 6.07) is 23.0. The first-order valence-electron chi connectivity index (χ1n) is 8.55. The van der Waals surface area contributed by atoms with E-state index >= 15 is 0 Å². The minimum Gasteiger partial charge on any atom is -0.465 e. The zero-order valence-electron chi connectivity index (χ0n) is 15.6. The monoisotopic (exact) mass is 359 g/mol. The Morgan fingerprint density at radius 1 is 0.741 bits per heavy atom. The van der Waals surface area contributed by atoms with Crippen LogP contribution in [0, 0.1) is 0 Å². The smallest absolute Gasteiger partial charge is 0.337 e. The van der Waals surface area contributed by atoms with E-state index in [-0.39, 0.29) is 5.97 Å². The highest BCUT2D eigenvalue weighted by atomic mass is 16.5. The first kappa shape index (κ1) is 18.3. The molecule has 0 unspecified atom stereocenters. The molecule has 0 aromatic heterocycles. The van der Waals surface area contributed by atoms with E-state index in [4.69, 9.17) is 4.74 Å². The van der Waals surface area contributed by atoms with Crippen LogP contribution in [0.5, 0.6) is 0 Å². The zero-order valence-corrected chi connectivity index (χ0v) is 15.6. The third-order valence-corrected chi connectivity index (χ3v) is 4.15. The summed E-state index contributed by atoms with van der Waals surface area (Å²) < 4.78 is 4.71.